The third-order valence-corrected chi connectivity index (χ3v) is 4.11. The Labute approximate surface area is 101 Å². The van der Waals surface area contributed by atoms with Crippen molar-refractivity contribution in [1.82, 2.24) is 10.2 Å². The lowest BCUT2D eigenvalue weighted by molar-refractivity contribution is 0.873. The van der Waals surface area contributed by atoms with Gasteiger partial charge in [-0.2, -0.15) is 5.10 Å². The van der Waals surface area contributed by atoms with Crippen LogP contribution in [-0.2, 0) is 0 Å². The van der Waals surface area contributed by atoms with Gasteiger partial charge < -0.3 is 5.73 Å². The van der Waals surface area contributed by atoms with E-state index in [0.717, 1.165) is 20.6 Å². The molecule has 0 amide bonds. The van der Waals surface area contributed by atoms with Gasteiger partial charge in [-0.05, 0) is 33.3 Å². The number of H-pyrrole nitrogens is 1. The average molecular weight is 286 g/mol. The minimum atomic E-state index is 0.368. The molecule has 0 radical (unpaired) electrons. The topological polar surface area (TPSA) is 54.7 Å². The van der Waals surface area contributed by atoms with Crippen molar-refractivity contribution < 1.29 is 0 Å². The fraction of sp³-hybridized carbons (Fsp3) is 0.300. The molecule has 0 saturated heterocycles. The Morgan fingerprint density at radius 1 is 1.53 bits per heavy atom. The summed E-state index contributed by atoms with van der Waals surface area (Å²) in [7, 11) is 0. The van der Waals surface area contributed by atoms with Crippen molar-refractivity contribution in [2.24, 2.45) is 0 Å². The Morgan fingerprint density at radius 2 is 2.27 bits per heavy atom. The third kappa shape index (κ3) is 1.81. The molecule has 0 bridgehead atoms. The van der Waals surface area contributed by atoms with Crippen LogP contribution in [0.3, 0.4) is 0 Å². The summed E-state index contributed by atoms with van der Waals surface area (Å²) < 4.78 is 1.08. The number of nitrogens with zero attached hydrogens (tertiary/aromatic N) is 1. The van der Waals surface area contributed by atoms with Crippen molar-refractivity contribution in [3.63, 3.8) is 0 Å². The number of hydrogen-bond donors (Lipinski definition) is 2. The molecule has 2 aromatic rings. The largest absolute Gasteiger partial charge is 0.382 e. The molecule has 2 aromatic heterocycles. The molecule has 2 heterocycles. The van der Waals surface area contributed by atoms with Gasteiger partial charge in [0.25, 0.3) is 0 Å². The number of nitrogen functional groups attached to an aromatic ring is 1. The van der Waals surface area contributed by atoms with Crippen molar-refractivity contribution in [2.75, 3.05) is 5.73 Å². The van der Waals surface area contributed by atoms with E-state index in [9.17, 15) is 0 Å². The van der Waals surface area contributed by atoms with Gasteiger partial charge in [0.2, 0.25) is 0 Å². The fourth-order valence-electron chi connectivity index (χ4n) is 1.59. The highest BCUT2D eigenvalue weighted by Crippen LogP contribution is 2.38. The highest BCUT2D eigenvalue weighted by Gasteiger charge is 2.18. The zero-order valence-electron chi connectivity index (χ0n) is 8.54. The molecule has 0 aliphatic rings. The van der Waals surface area contributed by atoms with Crippen LogP contribution in [0.5, 0.6) is 0 Å². The van der Waals surface area contributed by atoms with Crippen LogP contribution < -0.4 is 5.73 Å². The molecule has 0 saturated carbocycles. The van der Waals surface area contributed by atoms with Crippen molar-refractivity contribution in [1.29, 1.82) is 0 Å². The minimum Gasteiger partial charge on any atom is -0.382 e. The van der Waals surface area contributed by atoms with Crippen molar-refractivity contribution >= 4 is 33.1 Å². The zero-order chi connectivity index (χ0) is 11.0. The Morgan fingerprint density at radius 3 is 2.80 bits per heavy atom. The maximum absolute atomic E-state index is 5.85. The molecule has 3 nitrogen and oxygen atoms in total. The van der Waals surface area contributed by atoms with Crippen LogP contribution >= 0.6 is 27.3 Å². The standard InChI is InChI=1S/C10H12BrN3S/c1-5(2)7-8(13-14-10(7)12)9-6(11)3-4-15-9/h3-5H,1-2H3,(H3,12,13,14). The van der Waals surface area contributed by atoms with Gasteiger partial charge in [-0.15, -0.1) is 11.3 Å². The smallest absolute Gasteiger partial charge is 0.149 e. The summed E-state index contributed by atoms with van der Waals surface area (Å²) in [6.07, 6.45) is 0. The highest BCUT2D eigenvalue weighted by molar-refractivity contribution is 9.10. The molecule has 3 N–H and O–H groups in total. The number of halogens is 1. The molecule has 15 heavy (non-hydrogen) atoms. The first-order chi connectivity index (χ1) is 7.11. The third-order valence-electron chi connectivity index (χ3n) is 2.26. The van der Waals surface area contributed by atoms with Gasteiger partial charge in [0.05, 0.1) is 10.6 Å². The van der Waals surface area contributed by atoms with Crippen LogP contribution in [0.4, 0.5) is 5.82 Å². The van der Waals surface area contributed by atoms with E-state index in [0.29, 0.717) is 11.7 Å². The number of nitrogens with two attached hydrogens (primary N) is 1. The number of nitrogens with one attached hydrogen (secondary N) is 1. The normalized spacial score (nSPS) is 11.2. The lowest BCUT2D eigenvalue weighted by Gasteiger charge is -2.06. The van der Waals surface area contributed by atoms with Crippen molar-refractivity contribution in [3.8, 4) is 10.6 Å². The van der Waals surface area contributed by atoms with Gasteiger partial charge in [0.1, 0.15) is 5.82 Å². The molecule has 0 aliphatic carbocycles. The van der Waals surface area contributed by atoms with Crippen molar-refractivity contribution in [3.05, 3.63) is 21.5 Å². The summed E-state index contributed by atoms with van der Waals surface area (Å²) in [5.41, 5.74) is 7.97. The van der Waals surface area contributed by atoms with E-state index < -0.39 is 0 Å². The Kier molecular flexibility index (Phi) is 2.84. The van der Waals surface area contributed by atoms with Gasteiger partial charge in [-0.1, -0.05) is 13.8 Å². The summed E-state index contributed by atoms with van der Waals surface area (Å²) >= 11 is 5.19. The maximum atomic E-state index is 5.85. The lowest BCUT2D eigenvalue weighted by Crippen LogP contribution is -1.94. The summed E-state index contributed by atoms with van der Waals surface area (Å²) in [5, 5.41) is 9.12. The highest BCUT2D eigenvalue weighted by atomic mass is 79.9. The molecule has 0 atom stereocenters. The van der Waals surface area contributed by atoms with E-state index in [1.54, 1.807) is 11.3 Å². The molecule has 2 rings (SSSR count). The summed E-state index contributed by atoms with van der Waals surface area (Å²) in [6, 6.07) is 2.03. The van der Waals surface area contributed by atoms with Crippen LogP contribution in [0.2, 0.25) is 0 Å². The first-order valence-corrected chi connectivity index (χ1v) is 6.35. The number of rotatable bonds is 2. The molecule has 5 heteroatoms. The number of aromatic nitrogens is 2. The number of anilines is 1. The maximum Gasteiger partial charge on any atom is 0.149 e. The minimum absolute atomic E-state index is 0.368. The summed E-state index contributed by atoms with van der Waals surface area (Å²) in [5.74, 6) is 0.966. The monoisotopic (exact) mass is 285 g/mol. The molecule has 0 spiro atoms. The van der Waals surface area contributed by atoms with Crippen LogP contribution in [0, 0.1) is 0 Å². The van der Waals surface area contributed by atoms with Crippen molar-refractivity contribution in [2.45, 2.75) is 19.8 Å². The molecule has 0 fully saturated rings. The fourth-order valence-corrected chi connectivity index (χ4v) is 3.17. The van der Waals surface area contributed by atoms with Crippen LogP contribution in [0.1, 0.15) is 25.3 Å². The number of hydrogen-bond acceptors (Lipinski definition) is 3. The molecular formula is C10H12BrN3S. The van der Waals surface area contributed by atoms with E-state index in [2.05, 4.69) is 40.0 Å². The van der Waals surface area contributed by atoms with E-state index in [1.165, 1.54) is 0 Å². The lowest BCUT2D eigenvalue weighted by atomic mass is 10.0. The Bertz CT molecular complexity index is 473. The predicted octanol–water partition coefficient (Wildman–Crippen LogP) is 3.61. The van der Waals surface area contributed by atoms with Gasteiger partial charge in [-0.25, -0.2) is 0 Å². The average Bonchev–Trinajstić information content (AvgIpc) is 2.71. The zero-order valence-corrected chi connectivity index (χ0v) is 10.9. The predicted molar refractivity (Wildman–Crippen MR) is 68.1 cm³/mol. The van der Waals surface area contributed by atoms with Gasteiger partial charge in [-0.3, -0.25) is 5.10 Å². The number of thiophene rings is 1. The Balaban J connectivity index is 2.59. The molecule has 0 aliphatic heterocycles. The second-order valence-corrected chi connectivity index (χ2v) is 5.42. The summed E-state index contributed by atoms with van der Waals surface area (Å²) in [4.78, 5) is 1.16. The first-order valence-electron chi connectivity index (χ1n) is 4.68. The second kappa shape index (κ2) is 3.98. The second-order valence-electron chi connectivity index (χ2n) is 3.65. The van der Waals surface area contributed by atoms with Gasteiger partial charge >= 0.3 is 0 Å². The van der Waals surface area contributed by atoms with E-state index in [-0.39, 0.29) is 0 Å². The van der Waals surface area contributed by atoms with E-state index >= 15 is 0 Å². The van der Waals surface area contributed by atoms with E-state index in [4.69, 9.17) is 5.73 Å². The van der Waals surface area contributed by atoms with E-state index in [1.807, 2.05) is 11.4 Å². The molecular weight excluding hydrogens is 274 g/mol. The Hall–Kier alpha value is -0.810. The number of aromatic amines is 1. The molecule has 80 valence electrons. The van der Waals surface area contributed by atoms with Crippen LogP contribution in [0.15, 0.2) is 15.9 Å². The van der Waals surface area contributed by atoms with Gasteiger partial charge in [0, 0.05) is 10.0 Å². The molecule has 0 aromatic carbocycles. The van der Waals surface area contributed by atoms with Gasteiger partial charge in [0.15, 0.2) is 0 Å². The van der Waals surface area contributed by atoms with Crippen LogP contribution in [-0.4, -0.2) is 10.2 Å². The SMILES string of the molecule is CC(C)c1c(N)n[nH]c1-c1sccc1Br. The molecule has 0 unspecified atom stereocenters. The quantitative estimate of drug-likeness (QED) is 0.886. The summed E-state index contributed by atoms with van der Waals surface area (Å²) in [6.45, 7) is 4.23. The van der Waals surface area contributed by atoms with Crippen LogP contribution in [0.25, 0.3) is 10.6 Å². The first kappa shape index (κ1) is 10.7.